The third-order valence-electron chi connectivity index (χ3n) is 2.17. The topological polar surface area (TPSA) is 39.7 Å². The van der Waals surface area contributed by atoms with Gasteiger partial charge in [-0.3, -0.25) is 4.84 Å². The van der Waals surface area contributed by atoms with Crippen molar-refractivity contribution in [1.29, 1.82) is 0 Å². The molecule has 0 saturated carbocycles. The van der Waals surface area contributed by atoms with Crippen LogP contribution in [-0.2, 0) is 20.9 Å². The van der Waals surface area contributed by atoms with E-state index < -0.39 is 0 Å². The molecular weight excluding hydrogens is 218 g/mol. The molecule has 0 fully saturated rings. The Morgan fingerprint density at radius 2 is 1.88 bits per heavy atom. The molecule has 4 heteroatoms. The number of methoxy groups -OCH3 is 1. The number of ether oxygens (including phenoxy) is 2. The third-order valence-corrected chi connectivity index (χ3v) is 2.17. The van der Waals surface area contributed by atoms with Gasteiger partial charge in [-0.05, 0) is 12.0 Å². The first-order valence-corrected chi connectivity index (χ1v) is 5.88. The van der Waals surface area contributed by atoms with Crippen molar-refractivity contribution < 1.29 is 14.3 Å². The average molecular weight is 239 g/mol. The molecule has 0 aromatic heterocycles. The SMILES string of the molecule is COCCONCCCOCc1ccccc1. The van der Waals surface area contributed by atoms with Crippen molar-refractivity contribution in [2.75, 3.05) is 33.5 Å². The lowest BCUT2D eigenvalue weighted by Gasteiger charge is -2.06. The molecule has 0 heterocycles. The highest BCUT2D eigenvalue weighted by Gasteiger charge is 1.92. The zero-order valence-electron chi connectivity index (χ0n) is 10.4. The van der Waals surface area contributed by atoms with E-state index in [1.165, 1.54) is 5.56 Å². The second-order valence-corrected chi connectivity index (χ2v) is 3.63. The molecule has 0 atom stereocenters. The number of rotatable bonds is 10. The first kappa shape index (κ1) is 14.1. The molecule has 0 aliphatic rings. The van der Waals surface area contributed by atoms with Crippen LogP contribution in [-0.4, -0.2) is 33.5 Å². The van der Waals surface area contributed by atoms with Crippen LogP contribution in [0.3, 0.4) is 0 Å². The van der Waals surface area contributed by atoms with Gasteiger partial charge in [0.25, 0.3) is 0 Å². The van der Waals surface area contributed by atoms with Gasteiger partial charge in [-0.25, -0.2) is 5.48 Å². The molecule has 0 bridgehead atoms. The Hall–Kier alpha value is -0.940. The van der Waals surface area contributed by atoms with Crippen LogP contribution in [0.1, 0.15) is 12.0 Å². The predicted molar refractivity (Wildman–Crippen MR) is 66.5 cm³/mol. The maximum Gasteiger partial charge on any atom is 0.0915 e. The van der Waals surface area contributed by atoms with Crippen molar-refractivity contribution in [2.24, 2.45) is 0 Å². The minimum Gasteiger partial charge on any atom is -0.382 e. The summed E-state index contributed by atoms with van der Waals surface area (Å²) in [5.41, 5.74) is 4.06. The highest BCUT2D eigenvalue weighted by Crippen LogP contribution is 2.00. The summed E-state index contributed by atoms with van der Waals surface area (Å²) in [7, 11) is 1.65. The minimum absolute atomic E-state index is 0.571. The van der Waals surface area contributed by atoms with Gasteiger partial charge in [0.2, 0.25) is 0 Å². The van der Waals surface area contributed by atoms with Gasteiger partial charge in [0.15, 0.2) is 0 Å². The molecule has 0 unspecified atom stereocenters. The molecule has 0 radical (unpaired) electrons. The summed E-state index contributed by atoms with van der Waals surface area (Å²) in [6, 6.07) is 10.2. The normalized spacial score (nSPS) is 10.6. The fourth-order valence-electron chi connectivity index (χ4n) is 1.28. The van der Waals surface area contributed by atoms with E-state index in [0.717, 1.165) is 19.6 Å². The first-order valence-electron chi connectivity index (χ1n) is 5.88. The first-order chi connectivity index (χ1) is 8.43. The summed E-state index contributed by atoms with van der Waals surface area (Å²) in [6.45, 7) is 3.37. The molecule has 0 aliphatic carbocycles. The summed E-state index contributed by atoms with van der Waals surface area (Å²) in [5.74, 6) is 0. The van der Waals surface area contributed by atoms with E-state index in [0.29, 0.717) is 19.8 Å². The Bertz CT molecular complexity index is 267. The van der Waals surface area contributed by atoms with Gasteiger partial charge < -0.3 is 9.47 Å². The molecule has 0 amide bonds. The Morgan fingerprint density at radius 1 is 1.06 bits per heavy atom. The molecule has 1 aromatic carbocycles. The largest absolute Gasteiger partial charge is 0.382 e. The fourth-order valence-corrected chi connectivity index (χ4v) is 1.28. The van der Waals surface area contributed by atoms with Crippen LogP contribution >= 0.6 is 0 Å². The van der Waals surface area contributed by atoms with Crippen LogP contribution in [0.4, 0.5) is 0 Å². The molecule has 0 saturated heterocycles. The smallest absolute Gasteiger partial charge is 0.0915 e. The van der Waals surface area contributed by atoms with Gasteiger partial charge in [-0.1, -0.05) is 30.3 Å². The van der Waals surface area contributed by atoms with Crippen LogP contribution in [0.5, 0.6) is 0 Å². The standard InChI is InChI=1S/C13H21NO3/c1-15-10-11-17-14-8-5-9-16-12-13-6-3-2-4-7-13/h2-4,6-7,14H,5,8-12H2,1H3. The minimum atomic E-state index is 0.571. The summed E-state index contributed by atoms with van der Waals surface area (Å²) in [5, 5.41) is 0. The van der Waals surface area contributed by atoms with Gasteiger partial charge in [-0.15, -0.1) is 0 Å². The molecule has 96 valence electrons. The number of nitrogens with one attached hydrogen (secondary N) is 1. The molecule has 1 rings (SSSR count). The van der Waals surface area contributed by atoms with Crippen LogP contribution in [0.25, 0.3) is 0 Å². The fraction of sp³-hybridized carbons (Fsp3) is 0.538. The maximum atomic E-state index is 5.53. The lowest BCUT2D eigenvalue weighted by molar-refractivity contribution is 0.00253. The summed E-state index contributed by atoms with van der Waals surface area (Å²) in [4.78, 5) is 5.11. The number of benzene rings is 1. The lowest BCUT2D eigenvalue weighted by atomic mass is 10.2. The molecule has 1 N–H and O–H groups in total. The second kappa shape index (κ2) is 10.2. The zero-order chi connectivity index (χ0) is 12.2. The van der Waals surface area contributed by atoms with E-state index in [-0.39, 0.29) is 0 Å². The molecule has 4 nitrogen and oxygen atoms in total. The number of hydroxylamine groups is 1. The van der Waals surface area contributed by atoms with Crippen molar-refractivity contribution in [2.45, 2.75) is 13.0 Å². The van der Waals surface area contributed by atoms with Crippen LogP contribution in [0.15, 0.2) is 30.3 Å². The Balaban J connectivity index is 1.85. The molecule has 17 heavy (non-hydrogen) atoms. The number of hydrogen-bond acceptors (Lipinski definition) is 4. The summed E-state index contributed by atoms with van der Waals surface area (Å²) in [6.07, 6.45) is 0.930. The van der Waals surface area contributed by atoms with E-state index in [9.17, 15) is 0 Å². The number of hydrogen-bond donors (Lipinski definition) is 1. The monoisotopic (exact) mass is 239 g/mol. The zero-order valence-corrected chi connectivity index (χ0v) is 10.4. The van der Waals surface area contributed by atoms with E-state index in [1.54, 1.807) is 7.11 Å². The molecule has 0 aliphatic heterocycles. The lowest BCUT2D eigenvalue weighted by Crippen LogP contribution is -2.19. The predicted octanol–water partition coefficient (Wildman–Crippen LogP) is 1.76. The highest BCUT2D eigenvalue weighted by atomic mass is 16.7. The summed E-state index contributed by atoms with van der Waals surface area (Å²) < 4.78 is 10.4. The van der Waals surface area contributed by atoms with Gasteiger partial charge in [-0.2, -0.15) is 0 Å². The van der Waals surface area contributed by atoms with Crippen LogP contribution < -0.4 is 5.48 Å². The van der Waals surface area contributed by atoms with Gasteiger partial charge in [0.05, 0.1) is 19.8 Å². The Morgan fingerprint density at radius 3 is 2.65 bits per heavy atom. The Kier molecular flexibility index (Phi) is 8.50. The van der Waals surface area contributed by atoms with Gasteiger partial charge >= 0.3 is 0 Å². The van der Waals surface area contributed by atoms with Crippen molar-refractivity contribution in [1.82, 2.24) is 5.48 Å². The van der Waals surface area contributed by atoms with Crippen molar-refractivity contribution in [3.63, 3.8) is 0 Å². The maximum absolute atomic E-state index is 5.53. The van der Waals surface area contributed by atoms with Crippen molar-refractivity contribution >= 4 is 0 Å². The van der Waals surface area contributed by atoms with E-state index in [1.807, 2.05) is 18.2 Å². The molecular formula is C13H21NO3. The van der Waals surface area contributed by atoms with Gasteiger partial charge in [0.1, 0.15) is 0 Å². The summed E-state index contributed by atoms with van der Waals surface area (Å²) >= 11 is 0. The third kappa shape index (κ3) is 7.88. The van der Waals surface area contributed by atoms with Crippen LogP contribution in [0, 0.1) is 0 Å². The molecule has 0 spiro atoms. The highest BCUT2D eigenvalue weighted by molar-refractivity contribution is 5.13. The van der Waals surface area contributed by atoms with E-state index in [4.69, 9.17) is 14.3 Å². The van der Waals surface area contributed by atoms with Gasteiger partial charge in [0, 0.05) is 20.3 Å². The van der Waals surface area contributed by atoms with E-state index >= 15 is 0 Å². The van der Waals surface area contributed by atoms with Crippen molar-refractivity contribution in [3.05, 3.63) is 35.9 Å². The quantitative estimate of drug-likeness (QED) is 0.499. The van der Waals surface area contributed by atoms with Crippen LogP contribution in [0.2, 0.25) is 0 Å². The molecule has 1 aromatic rings. The average Bonchev–Trinajstić information content (AvgIpc) is 2.38. The second-order valence-electron chi connectivity index (χ2n) is 3.63. The van der Waals surface area contributed by atoms with E-state index in [2.05, 4.69) is 17.6 Å². The van der Waals surface area contributed by atoms with Crippen molar-refractivity contribution in [3.8, 4) is 0 Å². The Labute approximate surface area is 103 Å².